The number of thioether (sulfide) groups is 1. The first-order valence-corrected chi connectivity index (χ1v) is 6.30. The van der Waals surface area contributed by atoms with Crippen molar-refractivity contribution >= 4 is 17.4 Å². The summed E-state index contributed by atoms with van der Waals surface area (Å²) in [5.41, 5.74) is 2.94. The van der Waals surface area contributed by atoms with Gasteiger partial charge in [-0.05, 0) is 30.7 Å². The second-order valence-corrected chi connectivity index (χ2v) is 4.96. The Kier molecular flexibility index (Phi) is 3.17. The van der Waals surface area contributed by atoms with Crippen LogP contribution in [0.1, 0.15) is 17.5 Å². The summed E-state index contributed by atoms with van der Waals surface area (Å²) in [7, 11) is 0. The van der Waals surface area contributed by atoms with E-state index in [0.29, 0.717) is 6.04 Å². The molecule has 0 aromatic heterocycles. The summed E-state index contributed by atoms with van der Waals surface area (Å²) >= 11 is 1.98. The predicted molar refractivity (Wildman–Crippen MR) is 65.2 cm³/mol. The van der Waals surface area contributed by atoms with Gasteiger partial charge in [0.1, 0.15) is 6.07 Å². The molecule has 0 aliphatic carbocycles. The molecule has 1 unspecified atom stereocenters. The molecule has 2 rings (SSSR count). The molecule has 0 saturated carbocycles. The Hall–Kier alpha value is -1.14. The average Bonchev–Trinajstić information content (AvgIpc) is 2.74. The van der Waals surface area contributed by atoms with Gasteiger partial charge in [0.05, 0.1) is 11.3 Å². The van der Waals surface area contributed by atoms with Gasteiger partial charge in [0.15, 0.2) is 0 Å². The Balaban J connectivity index is 2.22. The zero-order chi connectivity index (χ0) is 10.7. The first-order chi connectivity index (χ1) is 7.31. The SMILES string of the molecule is Cc1cccc(C#N)c1NC1CCSC1. The molecule has 1 aromatic carbocycles. The molecule has 0 spiro atoms. The van der Waals surface area contributed by atoms with Crippen molar-refractivity contribution < 1.29 is 0 Å². The van der Waals surface area contributed by atoms with Crippen molar-refractivity contribution in [1.29, 1.82) is 5.26 Å². The van der Waals surface area contributed by atoms with Crippen LogP contribution < -0.4 is 5.32 Å². The fourth-order valence-electron chi connectivity index (χ4n) is 1.80. The Labute approximate surface area is 94.7 Å². The minimum Gasteiger partial charge on any atom is -0.380 e. The van der Waals surface area contributed by atoms with Crippen molar-refractivity contribution in [1.82, 2.24) is 0 Å². The van der Waals surface area contributed by atoms with Crippen LogP contribution in [-0.4, -0.2) is 17.5 Å². The number of aryl methyl sites for hydroxylation is 1. The Bertz CT molecular complexity index is 389. The van der Waals surface area contributed by atoms with Gasteiger partial charge in [0.2, 0.25) is 0 Å². The Morgan fingerprint density at radius 3 is 3.07 bits per heavy atom. The normalized spacial score (nSPS) is 19.9. The lowest BCUT2D eigenvalue weighted by Gasteiger charge is -2.16. The third kappa shape index (κ3) is 2.27. The van der Waals surface area contributed by atoms with E-state index >= 15 is 0 Å². The molecular formula is C12H14N2S. The van der Waals surface area contributed by atoms with Gasteiger partial charge in [-0.3, -0.25) is 0 Å². The number of anilines is 1. The number of nitriles is 1. The predicted octanol–water partition coefficient (Wildman–Crippen LogP) is 2.78. The molecule has 1 heterocycles. The minimum atomic E-state index is 0.531. The van der Waals surface area contributed by atoms with Crippen molar-refractivity contribution in [3.8, 4) is 6.07 Å². The molecule has 1 aliphatic rings. The standard InChI is InChI=1S/C12H14N2S/c1-9-3-2-4-10(7-13)12(9)14-11-5-6-15-8-11/h2-4,11,14H,5-6,8H2,1H3. The third-order valence-corrected chi connectivity index (χ3v) is 3.83. The van der Waals surface area contributed by atoms with E-state index in [1.807, 2.05) is 36.9 Å². The zero-order valence-electron chi connectivity index (χ0n) is 8.79. The van der Waals surface area contributed by atoms with Crippen molar-refractivity contribution in [2.75, 3.05) is 16.8 Å². The highest BCUT2D eigenvalue weighted by Crippen LogP contribution is 2.25. The van der Waals surface area contributed by atoms with Gasteiger partial charge < -0.3 is 5.32 Å². The van der Waals surface area contributed by atoms with Gasteiger partial charge in [-0.2, -0.15) is 17.0 Å². The summed E-state index contributed by atoms with van der Waals surface area (Å²) in [4.78, 5) is 0. The summed E-state index contributed by atoms with van der Waals surface area (Å²) < 4.78 is 0. The van der Waals surface area contributed by atoms with E-state index in [9.17, 15) is 0 Å². The maximum absolute atomic E-state index is 9.02. The molecule has 1 atom stereocenters. The van der Waals surface area contributed by atoms with Crippen LogP contribution in [0.5, 0.6) is 0 Å². The molecule has 1 aliphatic heterocycles. The lowest BCUT2D eigenvalue weighted by atomic mass is 10.1. The molecule has 1 aromatic rings. The third-order valence-electron chi connectivity index (χ3n) is 2.67. The molecule has 2 nitrogen and oxygen atoms in total. The van der Waals surface area contributed by atoms with Crippen molar-refractivity contribution in [2.24, 2.45) is 0 Å². The molecule has 0 radical (unpaired) electrons. The van der Waals surface area contributed by atoms with Crippen LogP contribution in [-0.2, 0) is 0 Å². The second-order valence-electron chi connectivity index (χ2n) is 3.81. The Morgan fingerprint density at radius 2 is 2.40 bits per heavy atom. The van der Waals surface area contributed by atoms with Crippen LogP contribution in [0.2, 0.25) is 0 Å². The summed E-state index contributed by atoms with van der Waals surface area (Å²) in [6.07, 6.45) is 1.20. The molecular weight excluding hydrogens is 204 g/mol. The number of hydrogen-bond donors (Lipinski definition) is 1. The molecule has 1 fully saturated rings. The summed E-state index contributed by atoms with van der Waals surface area (Å²) in [6, 6.07) is 8.62. The molecule has 0 amide bonds. The highest BCUT2D eigenvalue weighted by molar-refractivity contribution is 7.99. The zero-order valence-corrected chi connectivity index (χ0v) is 9.60. The van der Waals surface area contributed by atoms with E-state index in [0.717, 1.165) is 22.6 Å². The van der Waals surface area contributed by atoms with Gasteiger partial charge in [-0.1, -0.05) is 12.1 Å². The monoisotopic (exact) mass is 218 g/mol. The van der Waals surface area contributed by atoms with E-state index in [1.54, 1.807) is 0 Å². The molecule has 3 heteroatoms. The van der Waals surface area contributed by atoms with E-state index in [-0.39, 0.29) is 0 Å². The topological polar surface area (TPSA) is 35.8 Å². The first kappa shape index (κ1) is 10.4. The van der Waals surface area contributed by atoms with Crippen LogP contribution >= 0.6 is 11.8 Å². The lowest BCUT2D eigenvalue weighted by molar-refractivity contribution is 0.811. The number of nitrogens with zero attached hydrogens (tertiary/aromatic N) is 1. The van der Waals surface area contributed by atoms with E-state index in [2.05, 4.69) is 11.4 Å². The minimum absolute atomic E-state index is 0.531. The lowest BCUT2D eigenvalue weighted by Crippen LogP contribution is -2.19. The van der Waals surface area contributed by atoms with Crippen molar-refractivity contribution in [3.05, 3.63) is 29.3 Å². The van der Waals surface area contributed by atoms with Gasteiger partial charge in [0.25, 0.3) is 0 Å². The smallest absolute Gasteiger partial charge is 0.101 e. The molecule has 1 saturated heterocycles. The molecule has 15 heavy (non-hydrogen) atoms. The number of hydrogen-bond acceptors (Lipinski definition) is 3. The summed E-state index contributed by atoms with van der Waals surface area (Å²) in [6.45, 7) is 2.05. The maximum Gasteiger partial charge on any atom is 0.101 e. The highest BCUT2D eigenvalue weighted by atomic mass is 32.2. The number of nitrogens with one attached hydrogen (secondary N) is 1. The number of benzene rings is 1. The van der Waals surface area contributed by atoms with Gasteiger partial charge in [0, 0.05) is 11.8 Å². The molecule has 0 bridgehead atoms. The second kappa shape index (κ2) is 4.59. The van der Waals surface area contributed by atoms with Gasteiger partial charge >= 0.3 is 0 Å². The number of para-hydroxylation sites is 1. The van der Waals surface area contributed by atoms with Gasteiger partial charge in [-0.15, -0.1) is 0 Å². The molecule has 78 valence electrons. The Morgan fingerprint density at radius 1 is 1.53 bits per heavy atom. The van der Waals surface area contributed by atoms with Crippen LogP contribution in [0.25, 0.3) is 0 Å². The van der Waals surface area contributed by atoms with Crippen LogP contribution in [0.4, 0.5) is 5.69 Å². The summed E-state index contributed by atoms with van der Waals surface area (Å²) in [5, 5.41) is 12.5. The maximum atomic E-state index is 9.02. The van der Waals surface area contributed by atoms with Crippen LogP contribution in [0.3, 0.4) is 0 Å². The molecule has 1 N–H and O–H groups in total. The fraction of sp³-hybridized carbons (Fsp3) is 0.417. The van der Waals surface area contributed by atoms with E-state index in [4.69, 9.17) is 5.26 Å². The van der Waals surface area contributed by atoms with Crippen LogP contribution in [0.15, 0.2) is 18.2 Å². The quantitative estimate of drug-likeness (QED) is 0.829. The summed E-state index contributed by atoms with van der Waals surface area (Å²) in [5.74, 6) is 2.38. The van der Waals surface area contributed by atoms with Crippen molar-refractivity contribution in [2.45, 2.75) is 19.4 Å². The van der Waals surface area contributed by atoms with Crippen LogP contribution in [0, 0.1) is 18.3 Å². The first-order valence-electron chi connectivity index (χ1n) is 5.15. The highest BCUT2D eigenvalue weighted by Gasteiger charge is 2.17. The average molecular weight is 218 g/mol. The largest absolute Gasteiger partial charge is 0.380 e. The van der Waals surface area contributed by atoms with E-state index in [1.165, 1.54) is 12.2 Å². The van der Waals surface area contributed by atoms with Gasteiger partial charge in [-0.25, -0.2) is 0 Å². The fourth-order valence-corrected chi connectivity index (χ4v) is 2.96. The van der Waals surface area contributed by atoms with Crippen molar-refractivity contribution in [3.63, 3.8) is 0 Å². The number of rotatable bonds is 2. The van der Waals surface area contributed by atoms with E-state index < -0.39 is 0 Å².